The summed E-state index contributed by atoms with van der Waals surface area (Å²) in [5, 5.41) is 4.59. The predicted octanol–water partition coefficient (Wildman–Crippen LogP) is 2.34. The maximum Gasteiger partial charge on any atom is 0.180 e. The number of methoxy groups -OCH3 is 2. The number of nitrogens with two attached hydrogens (primary N) is 1. The molecule has 96 valence electrons. The predicted molar refractivity (Wildman–Crippen MR) is 71.2 cm³/mol. The van der Waals surface area contributed by atoms with Gasteiger partial charge < -0.3 is 15.2 Å². The summed E-state index contributed by atoms with van der Waals surface area (Å²) in [5.41, 5.74) is 7.54. The van der Waals surface area contributed by atoms with Gasteiger partial charge in [-0.05, 0) is 12.1 Å². The third kappa shape index (κ3) is 1.86. The fourth-order valence-corrected chi connectivity index (χ4v) is 2.02. The number of anilines is 1. The van der Waals surface area contributed by atoms with E-state index in [4.69, 9.17) is 26.8 Å². The minimum atomic E-state index is 0.486. The highest BCUT2D eigenvalue weighted by molar-refractivity contribution is 6.32. The lowest BCUT2D eigenvalue weighted by Crippen LogP contribution is -1.99. The Kier molecular flexibility index (Phi) is 3.34. The maximum atomic E-state index is 6.06. The number of nitrogen functional groups attached to an aromatic ring is 1. The van der Waals surface area contributed by atoms with Gasteiger partial charge in [0.1, 0.15) is 5.82 Å². The van der Waals surface area contributed by atoms with E-state index in [0.29, 0.717) is 22.3 Å². The molecular weight excluding hydrogens is 254 g/mol. The molecule has 1 aromatic carbocycles. The van der Waals surface area contributed by atoms with Crippen molar-refractivity contribution in [3.05, 3.63) is 23.4 Å². The van der Waals surface area contributed by atoms with Crippen LogP contribution in [0.1, 0.15) is 0 Å². The second-order valence-electron chi connectivity index (χ2n) is 3.73. The molecule has 0 aliphatic heterocycles. The molecule has 0 fully saturated rings. The van der Waals surface area contributed by atoms with Gasteiger partial charge in [0.2, 0.25) is 0 Å². The van der Waals surface area contributed by atoms with Crippen molar-refractivity contribution in [2.24, 2.45) is 7.05 Å². The van der Waals surface area contributed by atoms with E-state index in [-0.39, 0.29) is 0 Å². The van der Waals surface area contributed by atoms with E-state index in [1.165, 1.54) is 0 Å². The van der Waals surface area contributed by atoms with Gasteiger partial charge in [0.15, 0.2) is 11.5 Å². The molecule has 2 aromatic rings. The number of benzene rings is 1. The molecule has 5 nitrogen and oxygen atoms in total. The summed E-state index contributed by atoms with van der Waals surface area (Å²) >= 11 is 6.06. The van der Waals surface area contributed by atoms with Crippen LogP contribution in [0.15, 0.2) is 18.3 Å². The zero-order chi connectivity index (χ0) is 13.3. The average Bonchev–Trinajstić information content (AvgIpc) is 2.69. The van der Waals surface area contributed by atoms with Crippen LogP contribution in [-0.4, -0.2) is 24.0 Å². The van der Waals surface area contributed by atoms with E-state index in [2.05, 4.69) is 5.10 Å². The molecule has 6 heteroatoms. The Morgan fingerprint density at radius 2 is 1.83 bits per heavy atom. The zero-order valence-electron chi connectivity index (χ0n) is 10.4. The number of ether oxygens (including phenoxy) is 2. The molecule has 18 heavy (non-hydrogen) atoms. The second kappa shape index (κ2) is 4.78. The topological polar surface area (TPSA) is 62.3 Å². The minimum Gasteiger partial charge on any atom is -0.492 e. The monoisotopic (exact) mass is 267 g/mol. The van der Waals surface area contributed by atoms with Crippen LogP contribution in [0.5, 0.6) is 11.5 Å². The quantitative estimate of drug-likeness (QED) is 0.927. The fraction of sp³-hybridized carbons (Fsp3) is 0.250. The number of halogens is 1. The van der Waals surface area contributed by atoms with Crippen molar-refractivity contribution >= 4 is 17.4 Å². The second-order valence-corrected chi connectivity index (χ2v) is 4.14. The Hall–Kier alpha value is -1.88. The van der Waals surface area contributed by atoms with Crippen LogP contribution in [0.2, 0.25) is 5.02 Å². The van der Waals surface area contributed by atoms with Crippen molar-refractivity contribution < 1.29 is 9.47 Å². The normalized spacial score (nSPS) is 10.4. The van der Waals surface area contributed by atoms with Gasteiger partial charge in [0.05, 0.1) is 25.4 Å². The molecule has 0 amide bonds. The minimum absolute atomic E-state index is 0.486. The Bertz CT molecular complexity index is 581. The molecule has 0 aliphatic carbocycles. The van der Waals surface area contributed by atoms with Crippen LogP contribution in [0.3, 0.4) is 0 Å². The first-order valence-electron chi connectivity index (χ1n) is 5.28. The molecule has 2 rings (SSSR count). The summed E-state index contributed by atoms with van der Waals surface area (Å²) in [4.78, 5) is 0. The molecular formula is C12H14ClN3O2. The lowest BCUT2D eigenvalue weighted by atomic mass is 10.1. The van der Waals surface area contributed by atoms with Crippen LogP contribution < -0.4 is 15.2 Å². The molecule has 2 N–H and O–H groups in total. The van der Waals surface area contributed by atoms with Gasteiger partial charge in [-0.15, -0.1) is 0 Å². The highest BCUT2D eigenvalue weighted by Gasteiger charge is 2.18. The van der Waals surface area contributed by atoms with Crippen molar-refractivity contribution in [2.75, 3.05) is 20.0 Å². The van der Waals surface area contributed by atoms with Crippen LogP contribution in [0, 0.1) is 0 Å². The SMILES string of the molecule is COc1c(Cl)ccc(-c2cnn(C)c2N)c1OC. The van der Waals surface area contributed by atoms with Gasteiger partial charge in [0.25, 0.3) is 0 Å². The third-order valence-corrected chi connectivity index (χ3v) is 3.04. The van der Waals surface area contributed by atoms with Crippen molar-refractivity contribution in [1.29, 1.82) is 0 Å². The van der Waals surface area contributed by atoms with E-state index >= 15 is 0 Å². The summed E-state index contributed by atoms with van der Waals surface area (Å²) in [6, 6.07) is 3.57. The van der Waals surface area contributed by atoms with Gasteiger partial charge in [0, 0.05) is 18.2 Å². The van der Waals surface area contributed by atoms with Gasteiger partial charge in [-0.1, -0.05) is 11.6 Å². The maximum absolute atomic E-state index is 6.06. The molecule has 0 spiro atoms. The van der Waals surface area contributed by atoms with Crippen LogP contribution in [0.4, 0.5) is 5.82 Å². The Balaban J connectivity index is 2.68. The molecule has 0 aliphatic rings. The molecule has 0 bridgehead atoms. The summed E-state index contributed by atoms with van der Waals surface area (Å²) in [6.07, 6.45) is 1.68. The number of aryl methyl sites for hydroxylation is 1. The van der Waals surface area contributed by atoms with Crippen molar-refractivity contribution in [3.63, 3.8) is 0 Å². The highest BCUT2D eigenvalue weighted by atomic mass is 35.5. The lowest BCUT2D eigenvalue weighted by Gasteiger charge is -2.13. The first-order chi connectivity index (χ1) is 8.60. The number of rotatable bonds is 3. The third-order valence-electron chi connectivity index (χ3n) is 2.75. The molecule has 0 saturated carbocycles. The molecule has 0 atom stereocenters. The van der Waals surface area contributed by atoms with E-state index in [9.17, 15) is 0 Å². The van der Waals surface area contributed by atoms with E-state index in [1.807, 2.05) is 6.07 Å². The van der Waals surface area contributed by atoms with E-state index < -0.39 is 0 Å². The number of hydrogen-bond donors (Lipinski definition) is 1. The van der Waals surface area contributed by atoms with E-state index in [1.54, 1.807) is 38.2 Å². The van der Waals surface area contributed by atoms with Crippen LogP contribution >= 0.6 is 11.6 Å². The smallest absolute Gasteiger partial charge is 0.180 e. The van der Waals surface area contributed by atoms with Gasteiger partial charge in [-0.25, -0.2) is 0 Å². The van der Waals surface area contributed by atoms with E-state index in [0.717, 1.165) is 11.1 Å². The summed E-state index contributed by atoms with van der Waals surface area (Å²) < 4.78 is 12.2. The van der Waals surface area contributed by atoms with Crippen molar-refractivity contribution in [1.82, 2.24) is 9.78 Å². The summed E-state index contributed by atoms with van der Waals surface area (Å²) in [6.45, 7) is 0. The van der Waals surface area contributed by atoms with Crippen LogP contribution in [-0.2, 0) is 7.05 Å². The number of aromatic nitrogens is 2. The van der Waals surface area contributed by atoms with Crippen molar-refractivity contribution in [3.8, 4) is 22.6 Å². The molecule has 0 radical (unpaired) electrons. The average molecular weight is 268 g/mol. The lowest BCUT2D eigenvalue weighted by molar-refractivity contribution is 0.356. The largest absolute Gasteiger partial charge is 0.492 e. The first kappa shape index (κ1) is 12.6. The standard InChI is InChI=1S/C12H14ClN3O2/c1-16-12(14)8(6-15-16)7-4-5-9(13)11(18-3)10(7)17-2/h4-6H,14H2,1-3H3. The highest BCUT2D eigenvalue weighted by Crippen LogP contribution is 2.43. The van der Waals surface area contributed by atoms with Gasteiger partial charge in [-0.2, -0.15) is 5.10 Å². The van der Waals surface area contributed by atoms with Crippen LogP contribution in [0.25, 0.3) is 11.1 Å². The Morgan fingerprint density at radius 1 is 1.17 bits per heavy atom. The Morgan fingerprint density at radius 3 is 2.33 bits per heavy atom. The number of hydrogen-bond acceptors (Lipinski definition) is 4. The summed E-state index contributed by atoms with van der Waals surface area (Å²) in [5.74, 6) is 1.59. The van der Waals surface area contributed by atoms with Gasteiger partial charge >= 0.3 is 0 Å². The molecule has 0 saturated heterocycles. The number of nitrogens with zero attached hydrogens (tertiary/aromatic N) is 2. The zero-order valence-corrected chi connectivity index (χ0v) is 11.2. The van der Waals surface area contributed by atoms with Gasteiger partial charge in [-0.3, -0.25) is 4.68 Å². The fourth-order valence-electron chi connectivity index (χ4n) is 1.80. The summed E-state index contributed by atoms with van der Waals surface area (Å²) in [7, 11) is 4.88. The Labute approximate surface area is 110 Å². The molecule has 0 unspecified atom stereocenters. The molecule has 1 aromatic heterocycles. The van der Waals surface area contributed by atoms with Crippen molar-refractivity contribution in [2.45, 2.75) is 0 Å². The molecule has 1 heterocycles. The first-order valence-corrected chi connectivity index (χ1v) is 5.66.